The molecule has 1 saturated heterocycles. The molecule has 0 aliphatic carbocycles. The number of benzene rings is 1. The molecule has 0 saturated carbocycles. The number of halogens is 1. The maximum Gasteiger partial charge on any atom is 0.338 e. The number of aromatic nitrogens is 1. The van der Waals surface area contributed by atoms with Gasteiger partial charge in [-0.2, -0.15) is 11.8 Å². The Morgan fingerprint density at radius 3 is 2.62 bits per heavy atom. The lowest BCUT2D eigenvalue weighted by Gasteiger charge is -2.37. The fourth-order valence-electron chi connectivity index (χ4n) is 4.04. The van der Waals surface area contributed by atoms with Gasteiger partial charge in [-0.05, 0) is 43.7 Å². The largest absolute Gasteiger partial charge is 0.463 e. The standard InChI is InChI=1S/C24H27FN4O2S/c1-3-31-23(30)21-20(16-29-12-14-32-15-13-29)27-22(19-6-4-5-11-26-19)28-24(21,2)17-7-9-18(25)10-8-17/h4-11H,3,12-16H2,1-2H3,(H,27,28). The molecule has 2 aliphatic heterocycles. The topological polar surface area (TPSA) is 66.8 Å². The first-order valence-electron chi connectivity index (χ1n) is 10.8. The molecule has 32 heavy (non-hydrogen) atoms. The molecule has 1 N–H and O–H groups in total. The lowest BCUT2D eigenvalue weighted by molar-refractivity contribution is -0.139. The fourth-order valence-corrected chi connectivity index (χ4v) is 5.02. The molecule has 2 aromatic rings. The van der Waals surface area contributed by atoms with Crippen LogP contribution in [0.1, 0.15) is 25.1 Å². The van der Waals surface area contributed by atoms with Crippen LogP contribution < -0.4 is 5.32 Å². The first-order chi connectivity index (χ1) is 15.5. The molecule has 1 unspecified atom stereocenters. The highest BCUT2D eigenvalue weighted by molar-refractivity contribution is 7.99. The van der Waals surface area contributed by atoms with Crippen LogP contribution in [-0.4, -0.2) is 59.4 Å². The molecule has 1 aromatic heterocycles. The van der Waals surface area contributed by atoms with Gasteiger partial charge >= 0.3 is 5.97 Å². The molecule has 8 heteroatoms. The molecule has 6 nitrogen and oxygen atoms in total. The van der Waals surface area contributed by atoms with Crippen LogP contribution in [0.25, 0.3) is 0 Å². The zero-order valence-corrected chi connectivity index (χ0v) is 19.1. The monoisotopic (exact) mass is 454 g/mol. The Morgan fingerprint density at radius 1 is 1.22 bits per heavy atom. The summed E-state index contributed by atoms with van der Waals surface area (Å²) in [5.41, 5.74) is 1.53. The quantitative estimate of drug-likeness (QED) is 0.676. The molecule has 1 atom stereocenters. The average Bonchev–Trinajstić information content (AvgIpc) is 2.80. The molecule has 1 aromatic carbocycles. The smallest absolute Gasteiger partial charge is 0.338 e. The predicted molar refractivity (Wildman–Crippen MR) is 125 cm³/mol. The van der Waals surface area contributed by atoms with Gasteiger partial charge < -0.3 is 10.1 Å². The van der Waals surface area contributed by atoms with Crippen molar-refractivity contribution >= 4 is 23.6 Å². The Kier molecular flexibility index (Phi) is 6.91. The minimum absolute atomic E-state index is 0.256. The number of carbonyl (C=O) groups is 1. The van der Waals surface area contributed by atoms with Crippen molar-refractivity contribution in [2.45, 2.75) is 19.4 Å². The third-order valence-corrected chi connectivity index (χ3v) is 6.61. The van der Waals surface area contributed by atoms with Gasteiger partial charge in [0.1, 0.15) is 17.1 Å². The number of thioether (sulfide) groups is 1. The van der Waals surface area contributed by atoms with Gasteiger partial charge in [0.25, 0.3) is 0 Å². The molecule has 0 radical (unpaired) electrons. The molecular formula is C24H27FN4O2S. The number of hydrogen-bond donors (Lipinski definition) is 1. The van der Waals surface area contributed by atoms with Gasteiger partial charge in [-0.1, -0.05) is 18.2 Å². The third kappa shape index (κ3) is 4.71. The predicted octanol–water partition coefficient (Wildman–Crippen LogP) is 3.35. The highest BCUT2D eigenvalue weighted by atomic mass is 32.2. The van der Waals surface area contributed by atoms with E-state index in [-0.39, 0.29) is 12.4 Å². The number of nitrogens with one attached hydrogen (secondary N) is 1. The second kappa shape index (κ2) is 9.83. The summed E-state index contributed by atoms with van der Waals surface area (Å²) in [6, 6.07) is 11.8. The van der Waals surface area contributed by atoms with Crippen molar-refractivity contribution in [3.8, 4) is 0 Å². The van der Waals surface area contributed by atoms with Crippen molar-refractivity contribution in [3.05, 3.63) is 77.0 Å². The molecule has 1 fully saturated rings. The number of hydrogen-bond acceptors (Lipinski definition) is 7. The summed E-state index contributed by atoms with van der Waals surface area (Å²) in [7, 11) is 0. The van der Waals surface area contributed by atoms with E-state index in [0.29, 0.717) is 29.2 Å². The van der Waals surface area contributed by atoms with E-state index in [0.717, 1.165) is 30.3 Å². The average molecular weight is 455 g/mol. The maximum atomic E-state index is 13.7. The first-order valence-corrected chi connectivity index (χ1v) is 11.9. The van der Waals surface area contributed by atoms with Crippen molar-refractivity contribution in [2.24, 2.45) is 4.99 Å². The highest BCUT2D eigenvalue weighted by Gasteiger charge is 2.42. The van der Waals surface area contributed by atoms with Gasteiger partial charge in [0.05, 0.1) is 12.2 Å². The summed E-state index contributed by atoms with van der Waals surface area (Å²) in [6.07, 6.45) is 1.71. The fraction of sp³-hybridized carbons (Fsp3) is 0.375. The summed E-state index contributed by atoms with van der Waals surface area (Å²) in [5.74, 6) is 1.92. The number of rotatable bonds is 6. The normalized spacial score (nSPS) is 21.7. The maximum absolute atomic E-state index is 13.7. The summed E-state index contributed by atoms with van der Waals surface area (Å²) >= 11 is 1.93. The van der Waals surface area contributed by atoms with Crippen molar-refractivity contribution in [1.29, 1.82) is 0 Å². The Labute approximate surface area is 192 Å². The summed E-state index contributed by atoms with van der Waals surface area (Å²) in [5, 5.41) is 3.39. The van der Waals surface area contributed by atoms with Gasteiger partial charge in [-0.25, -0.2) is 14.2 Å². The molecule has 168 valence electrons. The van der Waals surface area contributed by atoms with E-state index in [1.54, 1.807) is 25.3 Å². The second-order valence-electron chi connectivity index (χ2n) is 7.84. The van der Waals surface area contributed by atoms with Crippen LogP contribution in [0.2, 0.25) is 0 Å². The Morgan fingerprint density at radius 2 is 1.97 bits per heavy atom. The van der Waals surface area contributed by atoms with E-state index in [1.807, 2.05) is 36.9 Å². The number of carbonyl (C=O) groups excluding carboxylic acids is 1. The number of pyridine rings is 1. The second-order valence-corrected chi connectivity index (χ2v) is 9.07. The SMILES string of the molecule is CCOC(=O)C1=C(CN2CCSCC2)NC(c2ccccn2)=NC1(C)c1ccc(F)cc1. The van der Waals surface area contributed by atoms with Crippen LogP contribution in [-0.2, 0) is 15.1 Å². The van der Waals surface area contributed by atoms with E-state index >= 15 is 0 Å². The van der Waals surface area contributed by atoms with Crippen LogP contribution in [0.15, 0.2) is 64.9 Å². The lowest BCUT2D eigenvalue weighted by atomic mass is 9.82. The van der Waals surface area contributed by atoms with E-state index in [1.165, 1.54) is 12.1 Å². The number of esters is 1. The van der Waals surface area contributed by atoms with E-state index in [9.17, 15) is 9.18 Å². The van der Waals surface area contributed by atoms with Crippen molar-refractivity contribution in [1.82, 2.24) is 15.2 Å². The molecule has 0 amide bonds. The minimum atomic E-state index is -1.06. The minimum Gasteiger partial charge on any atom is -0.463 e. The molecule has 3 heterocycles. The van der Waals surface area contributed by atoms with Gasteiger partial charge in [0.2, 0.25) is 0 Å². The Bertz CT molecular complexity index is 1020. The van der Waals surface area contributed by atoms with Gasteiger partial charge in [0.15, 0.2) is 5.84 Å². The number of nitrogens with zero attached hydrogens (tertiary/aromatic N) is 3. The summed E-state index contributed by atoms with van der Waals surface area (Å²) < 4.78 is 19.2. The van der Waals surface area contributed by atoms with Gasteiger partial charge in [-0.3, -0.25) is 9.88 Å². The van der Waals surface area contributed by atoms with E-state index < -0.39 is 11.5 Å². The van der Waals surface area contributed by atoms with E-state index in [2.05, 4.69) is 15.2 Å². The molecular weight excluding hydrogens is 427 g/mol. The van der Waals surface area contributed by atoms with Crippen molar-refractivity contribution in [2.75, 3.05) is 37.7 Å². The van der Waals surface area contributed by atoms with E-state index in [4.69, 9.17) is 9.73 Å². The van der Waals surface area contributed by atoms with Crippen molar-refractivity contribution < 1.29 is 13.9 Å². The lowest BCUT2D eigenvalue weighted by Crippen LogP contribution is -2.46. The molecule has 0 spiro atoms. The van der Waals surface area contributed by atoms with Crippen LogP contribution in [0, 0.1) is 5.82 Å². The van der Waals surface area contributed by atoms with Crippen LogP contribution >= 0.6 is 11.8 Å². The van der Waals surface area contributed by atoms with Gasteiger partial charge in [-0.15, -0.1) is 0 Å². The molecule has 2 aliphatic rings. The van der Waals surface area contributed by atoms with Gasteiger partial charge in [0, 0.05) is 43.0 Å². The number of ether oxygens (including phenoxy) is 1. The van der Waals surface area contributed by atoms with Crippen LogP contribution in [0.4, 0.5) is 4.39 Å². The zero-order chi connectivity index (χ0) is 22.6. The van der Waals surface area contributed by atoms with Crippen LogP contribution in [0.3, 0.4) is 0 Å². The molecule has 4 rings (SSSR count). The zero-order valence-electron chi connectivity index (χ0n) is 18.3. The number of aliphatic imine (C=N–C) groups is 1. The Balaban J connectivity index is 1.85. The summed E-state index contributed by atoms with van der Waals surface area (Å²) in [6.45, 7) is 6.37. The number of amidine groups is 1. The van der Waals surface area contributed by atoms with Crippen LogP contribution in [0.5, 0.6) is 0 Å². The van der Waals surface area contributed by atoms with Crippen molar-refractivity contribution in [3.63, 3.8) is 0 Å². The third-order valence-electron chi connectivity index (χ3n) is 5.67. The Hall–Kier alpha value is -2.71. The highest BCUT2D eigenvalue weighted by Crippen LogP contribution is 2.39. The summed E-state index contributed by atoms with van der Waals surface area (Å²) in [4.78, 5) is 25.0. The molecule has 0 bridgehead atoms. The first kappa shape index (κ1) is 22.5.